The molecule has 1 amide bonds. The summed E-state index contributed by atoms with van der Waals surface area (Å²) in [7, 11) is 0. The Morgan fingerprint density at radius 2 is 1.69 bits per heavy atom. The second-order valence-electron chi connectivity index (χ2n) is 10.0. The average Bonchev–Trinajstić information content (AvgIpc) is 2.86. The molecule has 1 aliphatic heterocycles. The number of pyridine rings is 1. The quantitative estimate of drug-likeness (QED) is 0.253. The zero-order valence-corrected chi connectivity index (χ0v) is 23.1. The Bertz CT molecular complexity index is 1440. The normalized spacial score (nSPS) is 14.8. The van der Waals surface area contributed by atoms with Crippen LogP contribution in [0, 0.1) is 11.6 Å². The molecular formula is C28H27Cl2F2N3O4. The number of para-hydroxylation sites is 1. The lowest BCUT2D eigenvalue weighted by Crippen LogP contribution is -2.43. The Morgan fingerprint density at radius 1 is 1.03 bits per heavy atom. The molecule has 0 N–H and O–H groups in total. The van der Waals surface area contributed by atoms with E-state index in [1.165, 1.54) is 29.0 Å². The summed E-state index contributed by atoms with van der Waals surface area (Å²) in [6, 6.07) is 10.6. The Kier molecular flexibility index (Phi) is 8.61. The van der Waals surface area contributed by atoms with E-state index < -0.39 is 28.9 Å². The molecule has 0 radical (unpaired) electrons. The second-order valence-corrected chi connectivity index (χ2v) is 10.8. The van der Waals surface area contributed by atoms with Crippen LogP contribution >= 0.6 is 23.2 Å². The summed E-state index contributed by atoms with van der Waals surface area (Å²) in [5.74, 6) is -1.61. The summed E-state index contributed by atoms with van der Waals surface area (Å²) < 4.78 is 35.3. The van der Waals surface area contributed by atoms with Crippen molar-refractivity contribution in [2.24, 2.45) is 5.16 Å². The van der Waals surface area contributed by atoms with Crippen molar-refractivity contribution in [3.05, 3.63) is 97.9 Å². The zero-order valence-electron chi connectivity index (χ0n) is 21.6. The lowest BCUT2D eigenvalue weighted by atomic mass is 10.0. The van der Waals surface area contributed by atoms with E-state index in [9.17, 15) is 18.4 Å². The minimum Gasteiger partial charge on any atom is -0.444 e. The van der Waals surface area contributed by atoms with Crippen molar-refractivity contribution in [1.29, 1.82) is 0 Å². The van der Waals surface area contributed by atoms with Gasteiger partial charge in [0.05, 0.1) is 15.7 Å². The van der Waals surface area contributed by atoms with Gasteiger partial charge in [0.15, 0.2) is 0 Å². The molecule has 39 heavy (non-hydrogen) atoms. The summed E-state index contributed by atoms with van der Waals surface area (Å²) in [6.45, 7) is 6.19. The lowest BCUT2D eigenvalue weighted by molar-refractivity contribution is -0.00978. The summed E-state index contributed by atoms with van der Waals surface area (Å²) >= 11 is 12.6. The number of oxime groups is 1. The molecule has 0 aliphatic carbocycles. The zero-order chi connectivity index (χ0) is 28.3. The van der Waals surface area contributed by atoms with Crippen LogP contribution in [0.4, 0.5) is 13.6 Å². The van der Waals surface area contributed by atoms with E-state index in [2.05, 4.69) is 5.16 Å². The van der Waals surface area contributed by atoms with Crippen molar-refractivity contribution < 1.29 is 23.1 Å². The van der Waals surface area contributed by atoms with Gasteiger partial charge in [0.25, 0.3) is 5.56 Å². The third kappa shape index (κ3) is 6.96. The molecule has 3 aromatic rings. The number of carbonyl (C=O) groups excluding carboxylic acids is 1. The maximum absolute atomic E-state index is 14.9. The van der Waals surface area contributed by atoms with Crippen LogP contribution in [0.3, 0.4) is 0 Å². The van der Waals surface area contributed by atoms with Crippen LogP contribution in [0.5, 0.6) is 0 Å². The van der Waals surface area contributed by atoms with Crippen molar-refractivity contribution in [1.82, 2.24) is 9.47 Å². The first-order valence-electron chi connectivity index (χ1n) is 12.3. The first-order valence-corrected chi connectivity index (χ1v) is 13.0. The van der Waals surface area contributed by atoms with E-state index in [1.54, 1.807) is 43.9 Å². The predicted octanol–water partition coefficient (Wildman–Crippen LogP) is 6.59. The van der Waals surface area contributed by atoms with Crippen molar-refractivity contribution in [3.63, 3.8) is 0 Å². The minimum absolute atomic E-state index is 0.0296. The molecule has 206 valence electrons. The molecule has 2 aromatic carbocycles. The molecule has 1 saturated heterocycles. The SMILES string of the molecule is CC(C)(C)OC(=O)N1CCC(ON=C(c2ccc(=O)n(-c3c(Cl)cccc3Cl)c2)c2ccc(F)cc2F)CC1. The van der Waals surface area contributed by atoms with Crippen molar-refractivity contribution >= 4 is 35.0 Å². The summed E-state index contributed by atoms with van der Waals surface area (Å²) in [5.41, 5.74) is -0.461. The fourth-order valence-electron chi connectivity index (χ4n) is 4.06. The molecule has 11 heteroatoms. The molecule has 1 fully saturated rings. The fraction of sp³-hybridized carbons (Fsp3) is 0.321. The number of nitrogens with zero attached hydrogens (tertiary/aromatic N) is 3. The number of hydrogen-bond acceptors (Lipinski definition) is 5. The standard InChI is InChI=1S/C28H27Cl2F2N3O4/c1-28(2,3)38-27(37)34-13-11-19(12-14-34)39-33-25(20-9-8-18(31)15-23(20)32)17-7-10-24(36)35(16-17)26-21(29)5-4-6-22(26)30/h4-10,15-16,19H,11-14H2,1-3H3. The van der Waals surface area contributed by atoms with Gasteiger partial charge in [0.1, 0.15) is 29.1 Å². The molecule has 0 atom stereocenters. The third-order valence-corrected chi connectivity index (χ3v) is 6.55. The molecule has 0 saturated carbocycles. The highest BCUT2D eigenvalue weighted by Gasteiger charge is 2.28. The van der Waals surface area contributed by atoms with Gasteiger partial charge < -0.3 is 14.5 Å². The first-order chi connectivity index (χ1) is 18.4. The Hall–Kier alpha value is -3.43. The molecule has 0 spiro atoms. The largest absolute Gasteiger partial charge is 0.444 e. The monoisotopic (exact) mass is 577 g/mol. The molecular weight excluding hydrogens is 551 g/mol. The Morgan fingerprint density at radius 3 is 2.31 bits per heavy atom. The van der Waals surface area contributed by atoms with Gasteiger partial charge in [-0.3, -0.25) is 9.36 Å². The van der Waals surface area contributed by atoms with Crippen LogP contribution in [0.1, 0.15) is 44.7 Å². The van der Waals surface area contributed by atoms with Crippen LogP contribution in [0.2, 0.25) is 10.0 Å². The van der Waals surface area contributed by atoms with Crippen LogP contribution < -0.4 is 5.56 Å². The number of hydrogen-bond donors (Lipinski definition) is 0. The Labute approximate surface area is 234 Å². The van der Waals surface area contributed by atoms with Gasteiger partial charge in [-0.05, 0) is 51.1 Å². The Balaban J connectivity index is 1.65. The summed E-state index contributed by atoms with van der Waals surface area (Å²) in [4.78, 5) is 32.5. The smallest absolute Gasteiger partial charge is 0.410 e. The maximum Gasteiger partial charge on any atom is 0.410 e. The first kappa shape index (κ1) is 28.6. The summed E-state index contributed by atoms with van der Waals surface area (Å²) in [6.07, 6.45) is 1.59. The van der Waals surface area contributed by atoms with E-state index in [0.717, 1.165) is 12.1 Å². The third-order valence-electron chi connectivity index (χ3n) is 5.94. The van der Waals surface area contributed by atoms with E-state index in [4.69, 9.17) is 32.8 Å². The van der Waals surface area contributed by atoms with Gasteiger partial charge in [0, 0.05) is 55.4 Å². The molecule has 4 rings (SSSR count). The van der Waals surface area contributed by atoms with Crippen LogP contribution in [-0.2, 0) is 9.57 Å². The highest BCUT2D eigenvalue weighted by atomic mass is 35.5. The van der Waals surface area contributed by atoms with Gasteiger partial charge >= 0.3 is 6.09 Å². The number of ether oxygens (including phenoxy) is 1. The average molecular weight is 578 g/mol. The van der Waals surface area contributed by atoms with Crippen LogP contribution in [0.25, 0.3) is 5.69 Å². The van der Waals surface area contributed by atoms with Crippen molar-refractivity contribution in [2.45, 2.75) is 45.3 Å². The number of likely N-dealkylation sites (tertiary alicyclic amines) is 1. The molecule has 1 aliphatic rings. The fourth-order valence-corrected chi connectivity index (χ4v) is 4.64. The molecule has 2 heterocycles. The number of piperidine rings is 1. The van der Waals surface area contributed by atoms with Gasteiger partial charge in [-0.2, -0.15) is 0 Å². The summed E-state index contributed by atoms with van der Waals surface area (Å²) in [5, 5.41) is 4.73. The lowest BCUT2D eigenvalue weighted by Gasteiger charge is -2.32. The van der Waals surface area contributed by atoms with Gasteiger partial charge in [-0.25, -0.2) is 13.6 Å². The predicted molar refractivity (Wildman–Crippen MR) is 146 cm³/mol. The molecule has 0 unspecified atom stereocenters. The van der Waals surface area contributed by atoms with E-state index in [-0.39, 0.29) is 33.1 Å². The molecule has 1 aromatic heterocycles. The van der Waals surface area contributed by atoms with Gasteiger partial charge in [-0.15, -0.1) is 0 Å². The van der Waals surface area contributed by atoms with Crippen LogP contribution in [-0.4, -0.2) is 46.1 Å². The number of halogens is 4. The van der Waals surface area contributed by atoms with Crippen LogP contribution in [0.15, 0.2) is 64.7 Å². The topological polar surface area (TPSA) is 73.1 Å². The molecule has 7 nitrogen and oxygen atoms in total. The van der Waals surface area contributed by atoms with E-state index >= 15 is 0 Å². The highest BCUT2D eigenvalue weighted by Crippen LogP contribution is 2.28. The number of amides is 1. The van der Waals surface area contributed by atoms with E-state index in [1.807, 2.05) is 0 Å². The molecule has 0 bridgehead atoms. The number of rotatable bonds is 5. The number of carbonyl (C=O) groups is 1. The minimum atomic E-state index is -0.856. The van der Waals surface area contributed by atoms with Gasteiger partial charge in [0.2, 0.25) is 0 Å². The van der Waals surface area contributed by atoms with E-state index in [0.29, 0.717) is 31.5 Å². The number of benzene rings is 2. The van der Waals surface area contributed by atoms with Crippen molar-refractivity contribution in [2.75, 3.05) is 13.1 Å². The maximum atomic E-state index is 14.9. The van der Waals surface area contributed by atoms with Gasteiger partial charge in [-0.1, -0.05) is 34.4 Å². The van der Waals surface area contributed by atoms with Crippen molar-refractivity contribution in [3.8, 4) is 5.69 Å². The highest BCUT2D eigenvalue weighted by molar-refractivity contribution is 6.37. The second kappa shape index (κ2) is 11.8. The number of aromatic nitrogens is 1.